The van der Waals surface area contributed by atoms with Crippen molar-refractivity contribution in [1.29, 1.82) is 0 Å². The number of aromatic amines is 1. The van der Waals surface area contributed by atoms with Crippen LogP contribution in [-0.4, -0.2) is 22.2 Å². The predicted octanol–water partition coefficient (Wildman–Crippen LogP) is 5.00. The summed E-state index contributed by atoms with van der Waals surface area (Å²) in [4.78, 5) is 38.7. The number of nitrogen functional groups attached to an aromatic ring is 1. The van der Waals surface area contributed by atoms with Crippen molar-refractivity contribution in [2.75, 3.05) is 17.3 Å². The summed E-state index contributed by atoms with van der Waals surface area (Å²) in [6.45, 7) is 4.37. The van der Waals surface area contributed by atoms with Crippen molar-refractivity contribution in [2.24, 2.45) is 0 Å². The van der Waals surface area contributed by atoms with Crippen LogP contribution in [0.3, 0.4) is 0 Å². The molecule has 8 heteroatoms. The number of nitrogens with one attached hydrogen (secondary N) is 2. The first-order valence-electron chi connectivity index (χ1n) is 11.5. The number of thioether (sulfide) groups is 1. The van der Waals surface area contributed by atoms with Crippen molar-refractivity contribution in [3.63, 3.8) is 0 Å². The number of nitrogens with zero attached hydrogens (tertiary/aromatic N) is 1. The van der Waals surface area contributed by atoms with E-state index in [1.54, 1.807) is 42.1 Å². The van der Waals surface area contributed by atoms with Crippen LogP contribution in [0.5, 0.6) is 0 Å². The summed E-state index contributed by atoms with van der Waals surface area (Å²) in [6.07, 6.45) is 5.81. The van der Waals surface area contributed by atoms with E-state index in [4.69, 9.17) is 5.73 Å². The van der Waals surface area contributed by atoms with Gasteiger partial charge in [-0.25, -0.2) is 4.79 Å². The maximum atomic E-state index is 12.4. The van der Waals surface area contributed by atoms with Crippen molar-refractivity contribution in [3.8, 4) is 0 Å². The monoisotopic (exact) mass is 502 g/mol. The van der Waals surface area contributed by atoms with Crippen LogP contribution in [-0.2, 0) is 11.3 Å². The number of carbonyl (C=O) groups is 1. The molecule has 0 spiro atoms. The second-order valence-corrected chi connectivity index (χ2v) is 8.95. The van der Waals surface area contributed by atoms with Gasteiger partial charge in [-0.3, -0.25) is 14.2 Å². The highest BCUT2D eigenvalue weighted by atomic mass is 32.2. The topological polar surface area (TPSA) is 110 Å². The first kappa shape index (κ1) is 26.6. The summed E-state index contributed by atoms with van der Waals surface area (Å²) < 4.78 is 1.23. The summed E-state index contributed by atoms with van der Waals surface area (Å²) >= 11 is 1.68. The summed E-state index contributed by atoms with van der Waals surface area (Å²) in [6, 6.07) is 20.5. The second-order valence-electron chi connectivity index (χ2n) is 8.10. The zero-order valence-corrected chi connectivity index (χ0v) is 21.4. The van der Waals surface area contributed by atoms with Crippen molar-refractivity contribution in [2.45, 2.75) is 26.8 Å². The molecule has 1 heterocycles. The van der Waals surface area contributed by atoms with Gasteiger partial charge in [-0.2, -0.15) is 0 Å². The van der Waals surface area contributed by atoms with E-state index in [2.05, 4.69) is 23.3 Å². The van der Waals surface area contributed by atoms with Crippen molar-refractivity contribution < 1.29 is 4.79 Å². The number of nitrogens with two attached hydrogens (primary N) is 1. The molecule has 4 aromatic rings. The Labute approximate surface area is 214 Å². The normalized spacial score (nSPS) is 11.0. The number of aromatic nitrogens is 2. The van der Waals surface area contributed by atoms with Crippen molar-refractivity contribution in [3.05, 3.63) is 110 Å². The average molecular weight is 503 g/mol. The van der Waals surface area contributed by atoms with Gasteiger partial charge in [0.05, 0.1) is 28.8 Å². The van der Waals surface area contributed by atoms with E-state index in [9.17, 15) is 14.4 Å². The van der Waals surface area contributed by atoms with E-state index < -0.39 is 0 Å². The summed E-state index contributed by atoms with van der Waals surface area (Å²) in [5.41, 5.74) is 10.1. The SMILES string of the molecule is CC/C=C(\SC)c1ccc(N)c(NC=O)c1.Cc1ccc(Cn2c(=O)[nH]c3ccccc3c2=O)cc1. The molecule has 7 nitrogen and oxygen atoms in total. The maximum absolute atomic E-state index is 12.4. The van der Waals surface area contributed by atoms with Gasteiger partial charge in [0.2, 0.25) is 6.41 Å². The van der Waals surface area contributed by atoms with Gasteiger partial charge in [-0.15, -0.1) is 11.8 Å². The zero-order chi connectivity index (χ0) is 26.1. The third-order valence-electron chi connectivity index (χ3n) is 5.51. The highest BCUT2D eigenvalue weighted by Crippen LogP contribution is 2.30. The second kappa shape index (κ2) is 12.6. The Hall–Kier alpha value is -4.04. The van der Waals surface area contributed by atoms with Crippen molar-refractivity contribution >= 4 is 45.4 Å². The molecule has 0 bridgehead atoms. The first-order chi connectivity index (χ1) is 17.4. The van der Waals surface area contributed by atoms with Gasteiger partial charge in [-0.05, 0) is 55.0 Å². The van der Waals surface area contributed by atoms with Gasteiger partial charge in [0.25, 0.3) is 5.56 Å². The molecule has 0 aliphatic rings. The zero-order valence-electron chi connectivity index (χ0n) is 20.6. The van der Waals surface area contributed by atoms with Crippen LogP contribution in [0.1, 0.15) is 30.0 Å². The number of allylic oxidation sites excluding steroid dienone is 1. The summed E-state index contributed by atoms with van der Waals surface area (Å²) in [5.74, 6) is 0. The quantitative estimate of drug-likeness (QED) is 0.243. The van der Waals surface area contributed by atoms with Crippen LogP contribution in [0.2, 0.25) is 0 Å². The molecule has 0 aliphatic heterocycles. The number of benzene rings is 3. The Morgan fingerprint density at radius 2 is 1.81 bits per heavy atom. The third-order valence-corrected chi connectivity index (χ3v) is 6.35. The summed E-state index contributed by atoms with van der Waals surface area (Å²) in [7, 11) is 0. The lowest BCUT2D eigenvalue weighted by atomic mass is 10.1. The third kappa shape index (κ3) is 6.55. The molecule has 0 saturated heterocycles. The predicted molar refractivity (Wildman–Crippen MR) is 151 cm³/mol. The number of para-hydroxylation sites is 1. The van der Waals surface area contributed by atoms with Crippen LogP contribution in [0, 0.1) is 6.92 Å². The highest BCUT2D eigenvalue weighted by Gasteiger charge is 2.07. The van der Waals surface area contributed by atoms with E-state index >= 15 is 0 Å². The van der Waals surface area contributed by atoms with Gasteiger partial charge in [0.1, 0.15) is 0 Å². The Kier molecular flexibility index (Phi) is 9.30. The lowest BCUT2D eigenvalue weighted by Gasteiger charge is -2.09. The van der Waals surface area contributed by atoms with E-state index in [-0.39, 0.29) is 17.8 Å². The Morgan fingerprint density at radius 1 is 1.08 bits per heavy atom. The lowest BCUT2D eigenvalue weighted by molar-refractivity contribution is -0.105. The minimum atomic E-state index is -0.380. The Morgan fingerprint density at radius 3 is 2.47 bits per heavy atom. The first-order valence-corrected chi connectivity index (χ1v) is 12.7. The van der Waals surface area contributed by atoms with Crippen LogP contribution < -0.4 is 22.3 Å². The van der Waals surface area contributed by atoms with Crippen LogP contribution in [0.4, 0.5) is 11.4 Å². The van der Waals surface area contributed by atoms with E-state index in [0.717, 1.165) is 23.1 Å². The largest absolute Gasteiger partial charge is 0.397 e. The molecular formula is C28H30N4O3S. The fourth-order valence-corrected chi connectivity index (χ4v) is 4.32. The number of carbonyl (C=O) groups excluding carboxylic acids is 1. The molecule has 0 unspecified atom stereocenters. The Balaban J connectivity index is 0.000000207. The lowest BCUT2D eigenvalue weighted by Crippen LogP contribution is -2.35. The van der Waals surface area contributed by atoms with Gasteiger partial charge in [0.15, 0.2) is 0 Å². The number of anilines is 2. The number of aryl methyl sites for hydroxylation is 1. The fraction of sp³-hybridized carbons (Fsp3) is 0.179. The van der Waals surface area contributed by atoms with Crippen LogP contribution >= 0.6 is 11.8 Å². The minimum absolute atomic E-state index is 0.259. The molecule has 0 radical (unpaired) electrons. The van der Waals surface area contributed by atoms with Gasteiger partial charge in [0, 0.05) is 4.91 Å². The molecule has 186 valence electrons. The number of rotatable bonds is 7. The molecule has 4 rings (SSSR count). The number of H-pyrrole nitrogens is 1. The number of hydrogen-bond acceptors (Lipinski definition) is 5. The van der Waals surface area contributed by atoms with E-state index in [0.29, 0.717) is 28.7 Å². The molecule has 1 aromatic heterocycles. The number of fused-ring (bicyclic) bond motifs is 1. The maximum Gasteiger partial charge on any atom is 0.329 e. The van der Waals surface area contributed by atoms with Gasteiger partial charge >= 0.3 is 5.69 Å². The number of hydrogen-bond donors (Lipinski definition) is 3. The van der Waals surface area contributed by atoms with Gasteiger partial charge in [-0.1, -0.05) is 61.0 Å². The smallest absolute Gasteiger partial charge is 0.329 e. The van der Waals surface area contributed by atoms with Crippen LogP contribution in [0.15, 0.2) is 82.4 Å². The number of amides is 1. The summed E-state index contributed by atoms with van der Waals surface area (Å²) in [5, 5.41) is 3.12. The Bertz CT molecular complexity index is 1490. The fourth-order valence-electron chi connectivity index (χ4n) is 3.62. The van der Waals surface area contributed by atoms with E-state index in [1.165, 1.54) is 9.47 Å². The minimum Gasteiger partial charge on any atom is -0.397 e. The standard InChI is InChI=1S/C16H14N2O2.C12H16N2OS/c1-11-6-8-12(9-7-11)10-18-15(19)13-4-2-3-5-14(13)17-16(18)20;1-3-4-12(16-2)9-5-6-10(13)11(7-9)14-8-15/h2-9H,10H2,1H3,(H,17,20);4-8H,3,13H2,1-2H3,(H,14,15)/b;12-4-. The molecule has 0 atom stereocenters. The van der Waals surface area contributed by atoms with E-state index in [1.807, 2.05) is 49.6 Å². The molecule has 3 aromatic carbocycles. The molecule has 4 N–H and O–H groups in total. The molecular weight excluding hydrogens is 472 g/mol. The highest BCUT2D eigenvalue weighted by molar-refractivity contribution is 8.07. The van der Waals surface area contributed by atoms with Crippen LogP contribution in [0.25, 0.3) is 15.8 Å². The molecule has 0 aliphatic carbocycles. The van der Waals surface area contributed by atoms with Crippen molar-refractivity contribution in [1.82, 2.24) is 9.55 Å². The average Bonchev–Trinajstić information content (AvgIpc) is 2.88. The molecule has 0 saturated carbocycles. The van der Waals surface area contributed by atoms with Gasteiger partial charge < -0.3 is 16.0 Å². The molecule has 36 heavy (non-hydrogen) atoms. The molecule has 1 amide bonds. The molecule has 0 fully saturated rings.